The highest BCUT2D eigenvalue weighted by Gasteiger charge is 2.28. The summed E-state index contributed by atoms with van der Waals surface area (Å²) in [7, 11) is 1.48. The van der Waals surface area contributed by atoms with Crippen molar-refractivity contribution in [2.45, 2.75) is 25.8 Å². The summed E-state index contributed by atoms with van der Waals surface area (Å²) in [5.41, 5.74) is -0.00107. The zero-order chi connectivity index (χ0) is 15.4. The van der Waals surface area contributed by atoms with Crippen molar-refractivity contribution in [2.24, 2.45) is 5.92 Å². The Morgan fingerprint density at radius 1 is 1.43 bits per heavy atom. The zero-order valence-electron chi connectivity index (χ0n) is 12.1. The molecule has 1 atom stereocenters. The summed E-state index contributed by atoms with van der Waals surface area (Å²) in [5, 5.41) is 11.9. The molecule has 114 valence electrons. The quantitative estimate of drug-likeness (QED) is 0.799. The van der Waals surface area contributed by atoms with Crippen molar-refractivity contribution in [3.8, 4) is 11.5 Å². The lowest BCUT2D eigenvalue weighted by Crippen LogP contribution is -2.37. The van der Waals surface area contributed by atoms with Crippen LogP contribution in [0.3, 0.4) is 0 Å². The summed E-state index contributed by atoms with van der Waals surface area (Å²) in [6, 6.07) is 4.51. The average molecular weight is 293 g/mol. The predicted molar refractivity (Wildman–Crippen MR) is 75.8 cm³/mol. The molecule has 1 aliphatic rings. The maximum atomic E-state index is 11.8. The van der Waals surface area contributed by atoms with Crippen LogP contribution in [0.1, 0.15) is 30.1 Å². The minimum Gasteiger partial charge on any atom is -0.497 e. The third-order valence-electron chi connectivity index (χ3n) is 3.50. The topological polar surface area (TPSA) is 84.9 Å². The number of hydrogen-bond donors (Lipinski definition) is 2. The molecule has 0 heterocycles. The molecule has 0 bridgehead atoms. The molecular formula is C15H19NO5. The Morgan fingerprint density at radius 3 is 2.71 bits per heavy atom. The Balaban J connectivity index is 1.97. The van der Waals surface area contributed by atoms with E-state index in [1.165, 1.54) is 25.3 Å². The molecule has 1 saturated carbocycles. The van der Waals surface area contributed by atoms with Gasteiger partial charge in [0, 0.05) is 12.1 Å². The summed E-state index contributed by atoms with van der Waals surface area (Å²) in [4.78, 5) is 22.9. The molecule has 0 radical (unpaired) electrons. The molecule has 0 aliphatic heterocycles. The molecular weight excluding hydrogens is 274 g/mol. The maximum absolute atomic E-state index is 11.8. The Labute approximate surface area is 123 Å². The van der Waals surface area contributed by atoms with Crippen LogP contribution in [0, 0.1) is 5.92 Å². The van der Waals surface area contributed by atoms with Gasteiger partial charge in [0.15, 0.2) is 6.61 Å². The minimum atomic E-state index is -1.11. The average Bonchev–Trinajstić information content (AvgIpc) is 3.29. The first-order valence-corrected chi connectivity index (χ1v) is 6.84. The molecule has 0 unspecified atom stereocenters. The predicted octanol–water partition coefficient (Wildman–Crippen LogP) is 1.69. The number of carboxylic acids is 1. The molecule has 0 aromatic heterocycles. The van der Waals surface area contributed by atoms with E-state index in [9.17, 15) is 9.59 Å². The molecule has 1 amide bonds. The number of aromatic carboxylic acids is 1. The standard InChI is InChI=1S/C15H19NO5/c1-9(10-3-4-10)16-14(17)8-21-13-7-11(20-2)5-6-12(13)15(18)19/h5-7,9-10H,3-4,8H2,1-2H3,(H,16,17)(H,18,19)/t9-/m0/s1. The zero-order valence-corrected chi connectivity index (χ0v) is 12.1. The summed E-state index contributed by atoms with van der Waals surface area (Å²) in [5.74, 6) is -0.217. The fraction of sp³-hybridized carbons (Fsp3) is 0.467. The van der Waals surface area contributed by atoms with E-state index in [2.05, 4.69) is 5.32 Å². The lowest BCUT2D eigenvalue weighted by Gasteiger charge is -2.14. The van der Waals surface area contributed by atoms with Crippen molar-refractivity contribution >= 4 is 11.9 Å². The van der Waals surface area contributed by atoms with Crippen molar-refractivity contribution in [3.05, 3.63) is 23.8 Å². The van der Waals surface area contributed by atoms with Crippen LogP contribution < -0.4 is 14.8 Å². The van der Waals surface area contributed by atoms with Crippen LogP contribution in [0.15, 0.2) is 18.2 Å². The van der Waals surface area contributed by atoms with Crippen molar-refractivity contribution in [2.75, 3.05) is 13.7 Å². The van der Waals surface area contributed by atoms with E-state index >= 15 is 0 Å². The van der Waals surface area contributed by atoms with Gasteiger partial charge in [0.1, 0.15) is 17.1 Å². The van der Waals surface area contributed by atoms with Gasteiger partial charge in [-0.25, -0.2) is 4.79 Å². The molecule has 6 heteroatoms. The van der Waals surface area contributed by atoms with Crippen molar-refractivity contribution in [1.29, 1.82) is 0 Å². The molecule has 1 fully saturated rings. The molecule has 2 rings (SSSR count). The third kappa shape index (κ3) is 4.11. The SMILES string of the molecule is COc1ccc(C(=O)O)c(OCC(=O)N[C@@H](C)C2CC2)c1. The van der Waals surface area contributed by atoms with E-state index in [4.69, 9.17) is 14.6 Å². The second-order valence-corrected chi connectivity index (χ2v) is 5.15. The van der Waals surface area contributed by atoms with Crippen LogP contribution in [0.25, 0.3) is 0 Å². The number of carboxylic acid groups (broad SMARTS) is 1. The number of methoxy groups -OCH3 is 1. The number of hydrogen-bond acceptors (Lipinski definition) is 4. The van der Waals surface area contributed by atoms with E-state index in [-0.39, 0.29) is 29.9 Å². The fourth-order valence-electron chi connectivity index (χ4n) is 2.08. The van der Waals surface area contributed by atoms with Crippen molar-refractivity contribution in [3.63, 3.8) is 0 Å². The number of benzene rings is 1. The van der Waals surface area contributed by atoms with E-state index < -0.39 is 5.97 Å². The van der Waals surface area contributed by atoms with Crippen LogP contribution in [-0.4, -0.2) is 36.7 Å². The highest BCUT2D eigenvalue weighted by Crippen LogP contribution is 2.32. The van der Waals surface area contributed by atoms with Crippen LogP contribution in [0.2, 0.25) is 0 Å². The van der Waals surface area contributed by atoms with Gasteiger partial charge in [-0.15, -0.1) is 0 Å². The summed E-state index contributed by atoms with van der Waals surface area (Å²) in [6.45, 7) is 1.74. The largest absolute Gasteiger partial charge is 0.497 e. The number of amides is 1. The van der Waals surface area contributed by atoms with Crippen LogP contribution >= 0.6 is 0 Å². The molecule has 0 saturated heterocycles. The first-order valence-electron chi connectivity index (χ1n) is 6.84. The van der Waals surface area contributed by atoms with Crippen LogP contribution in [0.4, 0.5) is 0 Å². The monoisotopic (exact) mass is 293 g/mol. The second kappa shape index (κ2) is 6.47. The van der Waals surface area contributed by atoms with Crippen LogP contribution in [0.5, 0.6) is 11.5 Å². The van der Waals surface area contributed by atoms with Gasteiger partial charge in [-0.1, -0.05) is 0 Å². The van der Waals surface area contributed by atoms with Gasteiger partial charge in [-0.2, -0.15) is 0 Å². The van der Waals surface area contributed by atoms with E-state index in [1.807, 2.05) is 6.92 Å². The lowest BCUT2D eigenvalue weighted by atomic mass is 10.2. The van der Waals surface area contributed by atoms with Crippen LogP contribution in [-0.2, 0) is 4.79 Å². The van der Waals surface area contributed by atoms with Gasteiger partial charge in [0.05, 0.1) is 7.11 Å². The molecule has 1 aromatic carbocycles. The molecule has 2 N–H and O–H groups in total. The number of nitrogens with one attached hydrogen (secondary N) is 1. The van der Waals surface area contributed by atoms with Gasteiger partial charge in [0.25, 0.3) is 5.91 Å². The Hall–Kier alpha value is -2.24. The van der Waals surface area contributed by atoms with Crippen molar-refractivity contribution in [1.82, 2.24) is 5.32 Å². The molecule has 0 spiro atoms. The first kappa shape index (κ1) is 15.2. The van der Waals surface area contributed by atoms with Gasteiger partial charge in [-0.05, 0) is 37.8 Å². The molecule has 1 aromatic rings. The Kier molecular flexibility index (Phi) is 4.67. The molecule has 1 aliphatic carbocycles. The van der Waals surface area contributed by atoms with E-state index in [0.717, 1.165) is 12.8 Å². The minimum absolute atomic E-state index is 0.00107. The summed E-state index contributed by atoms with van der Waals surface area (Å²) < 4.78 is 10.4. The molecule has 21 heavy (non-hydrogen) atoms. The van der Waals surface area contributed by atoms with Gasteiger partial charge in [0.2, 0.25) is 0 Å². The van der Waals surface area contributed by atoms with E-state index in [0.29, 0.717) is 11.7 Å². The van der Waals surface area contributed by atoms with Gasteiger partial charge < -0.3 is 19.9 Å². The van der Waals surface area contributed by atoms with E-state index in [1.54, 1.807) is 0 Å². The summed E-state index contributed by atoms with van der Waals surface area (Å²) in [6.07, 6.45) is 2.28. The molecule has 6 nitrogen and oxygen atoms in total. The normalized spacial score (nSPS) is 15.1. The smallest absolute Gasteiger partial charge is 0.339 e. The number of carbonyl (C=O) groups is 2. The third-order valence-corrected chi connectivity index (χ3v) is 3.50. The highest BCUT2D eigenvalue weighted by molar-refractivity contribution is 5.91. The summed E-state index contributed by atoms with van der Waals surface area (Å²) >= 11 is 0. The van der Waals surface area contributed by atoms with Crippen molar-refractivity contribution < 1.29 is 24.2 Å². The van der Waals surface area contributed by atoms with Gasteiger partial charge in [-0.3, -0.25) is 4.79 Å². The number of carbonyl (C=O) groups excluding carboxylic acids is 1. The Morgan fingerprint density at radius 2 is 2.14 bits per heavy atom. The lowest BCUT2D eigenvalue weighted by molar-refractivity contribution is -0.123. The Bertz CT molecular complexity index is 539. The second-order valence-electron chi connectivity index (χ2n) is 5.15. The maximum Gasteiger partial charge on any atom is 0.339 e. The highest BCUT2D eigenvalue weighted by atomic mass is 16.5. The fourth-order valence-corrected chi connectivity index (χ4v) is 2.08. The number of ether oxygens (including phenoxy) is 2. The number of rotatable bonds is 7. The first-order chi connectivity index (χ1) is 10.0. The van der Waals surface area contributed by atoms with Gasteiger partial charge >= 0.3 is 5.97 Å².